The van der Waals surface area contributed by atoms with Crippen LogP contribution in [0.1, 0.15) is 44.9 Å². The normalized spacial score (nSPS) is 28.6. The van der Waals surface area contributed by atoms with Crippen molar-refractivity contribution in [1.82, 2.24) is 5.32 Å². The number of unbranched alkanes of at least 4 members (excludes halogenated alkanes) is 2. The van der Waals surface area contributed by atoms with E-state index in [1.165, 1.54) is 0 Å². The molecule has 0 aliphatic heterocycles. The molecular weight excluding hydrogens is 257 g/mol. The van der Waals surface area contributed by atoms with Crippen LogP contribution < -0.4 is 11.1 Å². The number of hydrogen-bond acceptors (Lipinski definition) is 3. The Labute approximate surface area is 112 Å². The molecule has 3 nitrogen and oxygen atoms in total. The van der Waals surface area contributed by atoms with Gasteiger partial charge in [0, 0.05) is 18.7 Å². The molecule has 1 aliphatic carbocycles. The van der Waals surface area contributed by atoms with Crippen molar-refractivity contribution in [2.45, 2.75) is 56.7 Å². The number of hydrogen-bond donors (Lipinski definition) is 3. The highest BCUT2D eigenvalue weighted by atomic mass is 19.4. The van der Waals surface area contributed by atoms with Crippen molar-refractivity contribution in [1.29, 1.82) is 0 Å². The van der Waals surface area contributed by atoms with E-state index in [9.17, 15) is 13.2 Å². The molecule has 2 atom stereocenters. The topological polar surface area (TPSA) is 58.3 Å². The third kappa shape index (κ3) is 5.28. The van der Waals surface area contributed by atoms with E-state index in [2.05, 4.69) is 5.32 Å². The Morgan fingerprint density at radius 1 is 1.26 bits per heavy atom. The van der Waals surface area contributed by atoms with Gasteiger partial charge in [-0.3, -0.25) is 0 Å². The van der Waals surface area contributed by atoms with Crippen LogP contribution in [0.3, 0.4) is 0 Å². The first-order valence-corrected chi connectivity index (χ1v) is 7.06. The summed E-state index contributed by atoms with van der Waals surface area (Å²) in [5.74, 6) is -1.23. The highest BCUT2D eigenvalue weighted by Gasteiger charge is 2.46. The second-order valence-corrected chi connectivity index (χ2v) is 5.53. The largest absolute Gasteiger partial charge is 0.396 e. The Balaban J connectivity index is 2.45. The summed E-state index contributed by atoms with van der Waals surface area (Å²) in [5.41, 5.74) is 5.16. The fraction of sp³-hybridized carbons (Fsp3) is 1.00. The van der Waals surface area contributed by atoms with Gasteiger partial charge in [0.1, 0.15) is 0 Å². The number of alkyl halides is 3. The van der Waals surface area contributed by atoms with Crippen molar-refractivity contribution in [3.8, 4) is 0 Å². The van der Waals surface area contributed by atoms with E-state index in [1.807, 2.05) is 0 Å². The minimum Gasteiger partial charge on any atom is -0.396 e. The SMILES string of the molecule is NCC1(NCCCCCO)CCCC(C(F)(F)F)C1. The number of aliphatic hydroxyl groups is 1. The summed E-state index contributed by atoms with van der Waals surface area (Å²) in [7, 11) is 0. The highest BCUT2D eigenvalue weighted by molar-refractivity contribution is 4.96. The van der Waals surface area contributed by atoms with E-state index >= 15 is 0 Å². The smallest absolute Gasteiger partial charge is 0.391 e. The Kier molecular flexibility index (Phi) is 6.56. The summed E-state index contributed by atoms with van der Waals surface area (Å²) in [6.45, 7) is 1.08. The van der Waals surface area contributed by atoms with Gasteiger partial charge >= 0.3 is 6.18 Å². The van der Waals surface area contributed by atoms with Crippen molar-refractivity contribution < 1.29 is 18.3 Å². The predicted octanol–water partition coefficient (Wildman–Crippen LogP) is 2.19. The average Bonchev–Trinajstić information content (AvgIpc) is 2.38. The minimum atomic E-state index is -4.11. The van der Waals surface area contributed by atoms with Crippen LogP contribution in [0.15, 0.2) is 0 Å². The van der Waals surface area contributed by atoms with Crippen LogP contribution >= 0.6 is 0 Å². The molecule has 6 heteroatoms. The molecule has 1 saturated carbocycles. The second kappa shape index (κ2) is 7.45. The summed E-state index contributed by atoms with van der Waals surface area (Å²) in [4.78, 5) is 0. The van der Waals surface area contributed by atoms with Gasteiger partial charge in [0.15, 0.2) is 0 Å². The molecule has 114 valence electrons. The van der Waals surface area contributed by atoms with Crippen molar-refractivity contribution in [3.63, 3.8) is 0 Å². The lowest BCUT2D eigenvalue weighted by Crippen LogP contribution is -2.55. The Bertz CT molecular complexity index is 261. The van der Waals surface area contributed by atoms with Gasteiger partial charge in [-0.2, -0.15) is 13.2 Å². The fourth-order valence-corrected chi connectivity index (χ4v) is 2.83. The lowest BCUT2D eigenvalue weighted by Gasteiger charge is -2.41. The highest BCUT2D eigenvalue weighted by Crippen LogP contribution is 2.41. The van der Waals surface area contributed by atoms with E-state index in [-0.39, 0.29) is 26.0 Å². The van der Waals surface area contributed by atoms with Crippen molar-refractivity contribution in [3.05, 3.63) is 0 Å². The molecule has 0 amide bonds. The van der Waals surface area contributed by atoms with Gasteiger partial charge < -0.3 is 16.2 Å². The van der Waals surface area contributed by atoms with E-state index in [0.29, 0.717) is 13.0 Å². The van der Waals surface area contributed by atoms with Crippen LogP contribution in [0.25, 0.3) is 0 Å². The molecule has 1 rings (SSSR count). The van der Waals surface area contributed by atoms with Gasteiger partial charge in [-0.05, 0) is 45.1 Å². The maximum atomic E-state index is 12.8. The molecular formula is C13H25F3N2O. The Morgan fingerprint density at radius 2 is 2.00 bits per heavy atom. The summed E-state index contributed by atoms with van der Waals surface area (Å²) in [6, 6.07) is 0. The first-order chi connectivity index (χ1) is 8.93. The summed E-state index contributed by atoms with van der Waals surface area (Å²) < 4.78 is 38.4. The molecule has 0 saturated heterocycles. The third-order valence-corrected chi connectivity index (χ3v) is 4.03. The van der Waals surface area contributed by atoms with Crippen molar-refractivity contribution in [2.24, 2.45) is 11.7 Å². The molecule has 1 fully saturated rings. The lowest BCUT2D eigenvalue weighted by molar-refractivity contribution is -0.188. The Hall–Kier alpha value is -0.330. The molecule has 0 aromatic rings. The average molecular weight is 282 g/mol. The quantitative estimate of drug-likeness (QED) is 0.627. The molecule has 4 N–H and O–H groups in total. The van der Waals surface area contributed by atoms with Crippen molar-refractivity contribution >= 4 is 0 Å². The van der Waals surface area contributed by atoms with E-state index < -0.39 is 17.6 Å². The zero-order valence-electron chi connectivity index (χ0n) is 11.3. The third-order valence-electron chi connectivity index (χ3n) is 4.03. The number of nitrogens with two attached hydrogens (primary N) is 1. The molecule has 1 aliphatic rings. The summed E-state index contributed by atoms with van der Waals surface area (Å²) >= 11 is 0. The zero-order chi connectivity index (χ0) is 14.4. The summed E-state index contributed by atoms with van der Waals surface area (Å²) in [5, 5.41) is 11.9. The first kappa shape index (κ1) is 16.7. The van der Waals surface area contributed by atoms with Crippen LogP contribution in [-0.4, -0.2) is 36.5 Å². The number of nitrogens with one attached hydrogen (secondary N) is 1. The van der Waals surface area contributed by atoms with Crippen LogP contribution in [0.2, 0.25) is 0 Å². The van der Waals surface area contributed by atoms with E-state index in [0.717, 1.165) is 25.7 Å². The Morgan fingerprint density at radius 3 is 2.58 bits per heavy atom. The summed E-state index contributed by atoms with van der Waals surface area (Å²) in [6.07, 6.45) is -0.0285. The number of halogens is 3. The second-order valence-electron chi connectivity index (χ2n) is 5.53. The van der Waals surface area contributed by atoms with Crippen molar-refractivity contribution in [2.75, 3.05) is 19.7 Å². The van der Waals surface area contributed by atoms with Gasteiger partial charge in [-0.1, -0.05) is 6.42 Å². The molecule has 0 bridgehead atoms. The monoisotopic (exact) mass is 282 g/mol. The van der Waals surface area contributed by atoms with Gasteiger partial charge in [0.2, 0.25) is 0 Å². The first-order valence-electron chi connectivity index (χ1n) is 7.06. The molecule has 0 aromatic heterocycles. The predicted molar refractivity (Wildman–Crippen MR) is 68.7 cm³/mol. The van der Waals surface area contributed by atoms with Crippen LogP contribution in [-0.2, 0) is 0 Å². The molecule has 19 heavy (non-hydrogen) atoms. The molecule has 0 aromatic carbocycles. The molecule has 0 radical (unpaired) electrons. The standard InChI is InChI=1S/C13H25F3N2O/c14-13(15,16)11-5-4-6-12(9-11,10-17)18-7-2-1-3-8-19/h11,18-19H,1-10,17H2. The van der Waals surface area contributed by atoms with E-state index in [1.54, 1.807) is 0 Å². The number of aliphatic hydroxyl groups excluding tert-OH is 1. The van der Waals surface area contributed by atoms with Gasteiger partial charge in [-0.15, -0.1) is 0 Å². The molecule has 0 spiro atoms. The van der Waals surface area contributed by atoms with Crippen LogP contribution in [0, 0.1) is 5.92 Å². The van der Waals surface area contributed by atoms with Crippen LogP contribution in [0.4, 0.5) is 13.2 Å². The molecule has 2 unspecified atom stereocenters. The maximum absolute atomic E-state index is 12.8. The fourth-order valence-electron chi connectivity index (χ4n) is 2.83. The molecule has 0 heterocycles. The lowest BCUT2D eigenvalue weighted by atomic mass is 9.75. The minimum absolute atomic E-state index is 0.0903. The van der Waals surface area contributed by atoms with Gasteiger partial charge in [0.05, 0.1) is 5.92 Å². The van der Waals surface area contributed by atoms with Gasteiger partial charge in [-0.25, -0.2) is 0 Å². The van der Waals surface area contributed by atoms with E-state index in [4.69, 9.17) is 10.8 Å². The number of rotatable bonds is 7. The maximum Gasteiger partial charge on any atom is 0.391 e. The van der Waals surface area contributed by atoms with Gasteiger partial charge in [0.25, 0.3) is 0 Å². The van der Waals surface area contributed by atoms with Crippen LogP contribution in [0.5, 0.6) is 0 Å². The zero-order valence-corrected chi connectivity index (χ0v) is 11.3.